The molecule has 130 valence electrons. The summed E-state index contributed by atoms with van der Waals surface area (Å²) >= 11 is 0. The van der Waals surface area contributed by atoms with Crippen LogP contribution in [0.15, 0.2) is 10.6 Å². The molecule has 1 amide bonds. The van der Waals surface area contributed by atoms with Crippen molar-refractivity contribution in [3.63, 3.8) is 0 Å². The standard InChI is InChI=1S/C20H28N2O2/c1-2-16-9-18(24-21-16)17-4-3-5-22(17)19(23)20-10-13-6-14(11-20)8-15(7-13)12-20/h9,13-15,17H,2-8,10-12H2,1H3/t13?,14?,15?,17-,20?/m0/s1. The van der Waals surface area contributed by atoms with Crippen LogP contribution in [-0.2, 0) is 11.2 Å². The fourth-order valence-corrected chi connectivity index (χ4v) is 6.63. The third kappa shape index (κ3) is 2.18. The molecule has 0 unspecified atom stereocenters. The first-order valence-corrected chi connectivity index (χ1v) is 9.93. The number of carbonyl (C=O) groups excluding carboxylic acids is 1. The van der Waals surface area contributed by atoms with Gasteiger partial charge in [-0.15, -0.1) is 0 Å². The van der Waals surface area contributed by atoms with E-state index in [1.165, 1.54) is 19.3 Å². The van der Waals surface area contributed by atoms with Crippen LogP contribution in [0.2, 0.25) is 0 Å². The first kappa shape index (κ1) is 15.0. The van der Waals surface area contributed by atoms with Crippen molar-refractivity contribution in [2.75, 3.05) is 6.54 Å². The zero-order valence-corrected chi connectivity index (χ0v) is 14.7. The summed E-state index contributed by atoms with van der Waals surface area (Å²) < 4.78 is 5.59. The van der Waals surface area contributed by atoms with Gasteiger partial charge in [-0.2, -0.15) is 0 Å². The van der Waals surface area contributed by atoms with Crippen LogP contribution >= 0.6 is 0 Å². The number of amides is 1. The van der Waals surface area contributed by atoms with Gasteiger partial charge in [-0.25, -0.2) is 0 Å². The maximum Gasteiger partial charge on any atom is 0.229 e. The fourth-order valence-electron chi connectivity index (χ4n) is 6.63. The average molecular weight is 328 g/mol. The van der Waals surface area contributed by atoms with Crippen LogP contribution in [0.5, 0.6) is 0 Å². The lowest BCUT2D eigenvalue weighted by Crippen LogP contribution is -2.54. The number of likely N-dealkylation sites (tertiary alicyclic amines) is 1. The molecule has 5 aliphatic rings. The van der Waals surface area contributed by atoms with E-state index in [0.717, 1.165) is 74.3 Å². The van der Waals surface area contributed by atoms with Gasteiger partial charge in [-0.3, -0.25) is 4.79 Å². The highest BCUT2D eigenvalue weighted by atomic mass is 16.5. The predicted octanol–water partition coefficient (Wildman–Crippen LogP) is 4.12. The van der Waals surface area contributed by atoms with Gasteiger partial charge in [0, 0.05) is 12.6 Å². The Morgan fingerprint density at radius 3 is 2.50 bits per heavy atom. The van der Waals surface area contributed by atoms with Crippen LogP contribution in [0, 0.1) is 23.2 Å². The van der Waals surface area contributed by atoms with Gasteiger partial charge in [0.25, 0.3) is 0 Å². The number of carbonyl (C=O) groups is 1. The van der Waals surface area contributed by atoms with Crippen LogP contribution in [0.1, 0.15) is 75.8 Å². The molecule has 0 N–H and O–H groups in total. The second-order valence-electron chi connectivity index (χ2n) is 8.93. The molecule has 4 saturated carbocycles. The first-order valence-electron chi connectivity index (χ1n) is 9.93. The Morgan fingerprint density at radius 1 is 1.25 bits per heavy atom. The van der Waals surface area contributed by atoms with E-state index in [2.05, 4.69) is 23.0 Å². The molecule has 0 radical (unpaired) electrons. The molecule has 0 spiro atoms. The van der Waals surface area contributed by atoms with Crippen molar-refractivity contribution >= 4 is 5.91 Å². The number of hydrogen-bond acceptors (Lipinski definition) is 3. The summed E-state index contributed by atoms with van der Waals surface area (Å²) in [6.45, 7) is 2.99. The third-order valence-corrected chi connectivity index (χ3v) is 7.27. The zero-order chi connectivity index (χ0) is 16.3. The molecular formula is C20H28N2O2. The van der Waals surface area contributed by atoms with E-state index in [1.807, 2.05) is 0 Å². The number of rotatable bonds is 3. The number of aromatic nitrogens is 1. The first-order chi connectivity index (χ1) is 11.7. The highest BCUT2D eigenvalue weighted by Gasteiger charge is 2.56. The third-order valence-electron chi connectivity index (χ3n) is 7.27. The largest absolute Gasteiger partial charge is 0.359 e. The van der Waals surface area contributed by atoms with E-state index in [4.69, 9.17) is 4.52 Å². The number of hydrogen-bond donors (Lipinski definition) is 0. The molecule has 5 fully saturated rings. The summed E-state index contributed by atoms with van der Waals surface area (Å²) in [7, 11) is 0. The van der Waals surface area contributed by atoms with Crippen LogP contribution in [0.4, 0.5) is 0 Å². The van der Waals surface area contributed by atoms with Gasteiger partial charge in [-0.05, 0) is 75.5 Å². The lowest BCUT2D eigenvalue weighted by atomic mass is 9.49. The van der Waals surface area contributed by atoms with Crippen LogP contribution in [-0.4, -0.2) is 22.5 Å². The van der Waals surface area contributed by atoms with Gasteiger partial charge in [-0.1, -0.05) is 12.1 Å². The summed E-state index contributed by atoms with van der Waals surface area (Å²) in [5.41, 5.74) is 0.962. The van der Waals surface area contributed by atoms with Crippen molar-refractivity contribution in [3.8, 4) is 0 Å². The Bertz CT molecular complexity index is 615. The van der Waals surface area contributed by atoms with Crippen LogP contribution < -0.4 is 0 Å². The predicted molar refractivity (Wildman–Crippen MR) is 90.2 cm³/mol. The average Bonchev–Trinajstić information content (AvgIpc) is 3.21. The Kier molecular flexibility index (Phi) is 3.33. The molecule has 4 bridgehead atoms. The summed E-state index contributed by atoms with van der Waals surface area (Å²) in [5.74, 6) is 3.80. The molecule has 2 heterocycles. The fraction of sp³-hybridized carbons (Fsp3) is 0.800. The van der Waals surface area contributed by atoms with Crippen LogP contribution in [0.25, 0.3) is 0 Å². The quantitative estimate of drug-likeness (QED) is 0.838. The van der Waals surface area contributed by atoms with Gasteiger partial charge in [0.1, 0.15) is 0 Å². The maximum absolute atomic E-state index is 13.6. The van der Waals surface area contributed by atoms with Crippen molar-refractivity contribution < 1.29 is 9.32 Å². The summed E-state index contributed by atoms with van der Waals surface area (Å²) in [6, 6.07) is 2.19. The van der Waals surface area contributed by atoms with Crippen molar-refractivity contribution in [3.05, 3.63) is 17.5 Å². The highest BCUT2D eigenvalue weighted by molar-refractivity contribution is 5.84. The highest BCUT2D eigenvalue weighted by Crippen LogP contribution is 2.61. The van der Waals surface area contributed by atoms with Gasteiger partial charge in [0.2, 0.25) is 5.91 Å². The SMILES string of the molecule is CCc1cc([C@@H]2CCCN2C(=O)C23CC4CC(CC(C4)C2)C3)on1. The van der Waals surface area contributed by atoms with E-state index < -0.39 is 0 Å². The van der Waals surface area contributed by atoms with Crippen molar-refractivity contribution in [1.29, 1.82) is 0 Å². The van der Waals surface area contributed by atoms with Crippen molar-refractivity contribution in [2.45, 2.75) is 70.8 Å². The molecule has 1 atom stereocenters. The smallest absolute Gasteiger partial charge is 0.229 e. The van der Waals surface area contributed by atoms with Crippen molar-refractivity contribution in [1.82, 2.24) is 10.1 Å². The van der Waals surface area contributed by atoms with Gasteiger partial charge >= 0.3 is 0 Å². The molecule has 6 rings (SSSR count). The molecule has 1 saturated heterocycles. The van der Waals surface area contributed by atoms with Crippen molar-refractivity contribution in [2.24, 2.45) is 23.2 Å². The second kappa shape index (κ2) is 5.34. The Balaban J connectivity index is 1.41. The lowest BCUT2D eigenvalue weighted by Gasteiger charge is -2.56. The van der Waals surface area contributed by atoms with E-state index >= 15 is 0 Å². The Labute approximate surface area is 143 Å². The minimum Gasteiger partial charge on any atom is -0.359 e. The molecule has 1 aliphatic heterocycles. The molecule has 4 aliphatic carbocycles. The minimum atomic E-state index is -0.0368. The maximum atomic E-state index is 13.6. The summed E-state index contributed by atoms with van der Waals surface area (Å²) in [6.07, 6.45) is 10.6. The molecule has 4 heteroatoms. The zero-order valence-electron chi connectivity index (χ0n) is 14.7. The number of aryl methyl sites for hydroxylation is 1. The van der Waals surface area contributed by atoms with Crippen LogP contribution in [0.3, 0.4) is 0 Å². The number of nitrogens with zero attached hydrogens (tertiary/aromatic N) is 2. The minimum absolute atomic E-state index is 0.0368. The topological polar surface area (TPSA) is 46.3 Å². The molecule has 24 heavy (non-hydrogen) atoms. The molecule has 4 nitrogen and oxygen atoms in total. The summed E-state index contributed by atoms with van der Waals surface area (Å²) in [4.78, 5) is 15.8. The van der Waals surface area contributed by atoms with Gasteiger partial charge < -0.3 is 9.42 Å². The molecule has 1 aromatic rings. The van der Waals surface area contributed by atoms with E-state index in [0.29, 0.717) is 5.91 Å². The van der Waals surface area contributed by atoms with E-state index in [9.17, 15) is 4.79 Å². The normalized spacial score (nSPS) is 40.5. The second-order valence-corrected chi connectivity index (χ2v) is 8.93. The Hall–Kier alpha value is -1.32. The van der Waals surface area contributed by atoms with E-state index in [-0.39, 0.29) is 11.5 Å². The lowest BCUT2D eigenvalue weighted by molar-refractivity contribution is -0.159. The Morgan fingerprint density at radius 2 is 1.92 bits per heavy atom. The molecule has 1 aromatic heterocycles. The van der Waals surface area contributed by atoms with Gasteiger partial charge in [0.15, 0.2) is 5.76 Å². The van der Waals surface area contributed by atoms with Gasteiger partial charge in [0.05, 0.1) is 17.2 Å². The monoisotopic (exact) mass is 328 g/mol. The molecular weight excluding hydrogens is 300 g/mol. The van der Waals surface area contributed by atoms with E-state index in [1.54, 1.807) is 0 Å². The summed E-state index contributed by atoms with van der Waals surface area (Å²) in [5, 5.41) is 4.15. The molecule has 0 aromatic carbocycles.